The lowest BCUT2D eigenvalue weighted by molar-refractivity contribution is -0.0120. The largest absolute Gasteiger partial charge is 0.387 e. The van der Waals surface area contributed by atoms with Crippen LogP contribution in [0, 0.1) is 6.92 Å². The first-order chi connectivity index (χ1) is 10.6. The van der Waals surface area contributed by atoms with Crippen LogP contribution in [0.5, 0.6) is 0 Å². The first-order valence-electron chi connectivity index (χ1n) is 7.55. The highest BCUT2D eigenvalue weighted by Gasteiger charge is 2.44. The normalized spacial score (nSPS) is 24.0. The average molecular weight is 319 g/mol. The summed E-state index contributed by atoms with van der Waals surface area (Å²) in [6.45, 7) is 4.57. The van der Waals surface area contributed by atoms with Gasteiger partial charge in [-0.25, -0.2) is 4.68 Å². The molecule has 0 amide bonds. The molecular weight excluding hydrogens is 298 g/mol. The van der Waals surface area contributed by atoms with Gasteiger partial charge >= 0.3 is 0 Å². The van der Waals surface area contributed by atoms with Gasteiger partial charge in [0.2, 0.25) is 0 Å². The molecular formula is C15H21N5OS. The third-order valence-electron chi connectivity index (χ3n) is 3.99. The molecule has 0 spiro atoms. The molecule has 2 unspecified atom stereocenters. The molecule has 1 saturated carbocycles. The van der Waals surface area contributed by atoms with Crippen LogP contribution < -0.4 is 5.32 Å². The standard InChI is InChI=1S/C15H21N5OS/c1-3-22-12-6-8-15(12,21)10-16-13-4-5-14(18-17-13)20-9-7-11(2)19-20/h4-5,7,9,12,21H,3,6,8,10H2,1-2H3,(H,16,17). The second-order valence-corrected chi connectivity index (χ2v) is 7.10. The molecule has 0 aliphatic heterocycles. The van der Waals surface area contributed by atoms with Crippen molar-refractivity contribution in [3.05, 3.63) is 30.1 Å². The van der Waals surface area contributed by atoms with Crippen molar-refractivity contribution in [2.75, 3.05) is 17.6 Å². The Balaban J connectivity index is 1.60. The Morgan fingerprint density at radius 1 is 1.41 bits per heavy atom. The minimum atomic E-state index is -0.625. The molecule has 2 atom stereocenters. The van der Waals surface area contributed by atoms with Crippen molar-refractivity contribution in [2.24, 2.45) is 0 Å². The summed E-state index contributed by atoms with van der Waals surface area (Å²) in [4.78, 5) is 0. The molecule has 7 heteroatoms. The van der Waals surface area contributed by atoms with Gasteiger partial charge in [-0.1, -0.05) is 6.92 Å². The van der Waals surface area contributed by atoms with Crippen molar-refractivity contribution in [1.29, 1.82) is 0 Å². The highest BCUT2D eigenvalue weighted by Crippen LogP contribution is 2.41. The number of nitrogens with one attached hydrogen (secondary N) is 1. The second-order valence-electron chi connectivity index (χ2n) is 5.62. The van der Waals surface area contributed by atoms with Gasteiger partial charge in [0.1, 0.15) is 5.82 Å². The van der Waals surface area contributed by atoms with Crippen molar-refractivity contribution in [2.45, 2.75) is 37.5 Å². The Labute approximate surface area is 134 Å². The molecule has 22 heavy (non-hydrogen) atoms. The van der Waals surface area contributed by atoms with Crippen LogP contribution in [0.1, 0.15) is 25.5 Å². The van der Waals surface area contributed by atoms with Gasteiger partial charge in [-0.15, -0.1) is 10.2 Å². The van der Waals surface area contributed by atoms with E-state index in [0.29, 0.717) is 23.4 Å². The maximum absolute atomic E-state index is 10.6. The number of nitrogens with zero attached hydrogens (tertiary/aromatic N) is 4. The van der Waals surface area contributed by atoms with E-state index >= 15 is 0 Å². The van der Waals surface area contributed by atoms with Gasteiger partial charge in [0, 0.05) is 18.0 Å². The minimum absolute atomic E-state index is 0.323. The van der Waals surface area contributed by atoms with Gasteiger partial charge in [-0.05, 0) is 43.7 Å². The molecule has 2 aromatic heterocycles. The van der Waals surface area contributed by atoms with Crippen molar-refractivity contribution in [3.63, 3.8) is 0 Å². The Hall–Kier alpha value is -1.60. The van der Waals surface area contributed by atoms with Gasteiger partial charge < -0.3 is 10.4 Å². The van der Waals surface area contributed by atoms with Gasteiger partial charge in [-0.3, -0.25) is 0 Å². The first kappa shape index (κ1) is 15.3. The fourth-order valence-electron chi connectivity index (χ4n) is 2.57. The Morgan fingerprint density at radius 2 is 2.27 bits per heavy atom. The lowest BCUT2D eigenvalue weighted by atomic mass is 9.79. The number of aliphatic hydroxyl groups is 1. The molecule has 6 nitrogen and oxygen atoms in total. The summed E-state index contributed by atoms with van der Waals surface area (Å²) in [5, 5.41) is 26.7. The number of hydrogen-bond acceptors (Lipinski definition) is 6. The zero-order valence-corrected chi connectivity index (χ0v) is 13.7. The van der Waals surface area contributed by atoms with Crippen LogP contribution in [0.2, 0.25) is 0 Å². The van der Waals surface area contributed by atoms with Crippen molar-refractivity contribution in [3.8, 4) is 5.82 Å². The molecule has 0 radical (unpaired) electrons. The zero-order chi connectivity index (χ0) is 15.6. The van der Waals surface area contributed by atoms with Gasteiger partial charge in [0.15, 0.2) is 5.82 Å². The summed E-state index contributed by atoms with van der Waals surface area (Å²) in [5.74, 6) is 2.39. The van der Waals surface area contributed by atoms with Crippen molar-refractivity contribution in [1.82, 2.24) is 20.0 Å². The van der Waals surface area contributed by atoms with Gasteiger partial charge in [-0.2, -0.15) is 16.9 Å². The number of thioether (sulfide) groups is 1. The number of rotatable bonds is 6. The van der Waals surface area contributed by atoms with Crippen molar-refractivity contribution < 1.29 is 5.11 Å². The monoisotopic (exact) mass is 319 g/mol. The topological polar surface area (TPSA) is 75.9 Å². The van der Waals surface area contributed by atoms with E-state index in [2.05, 4.69) is 27.5 Å². The predicted molar refractivity (Wildman–Crippen MR) is 88.5 cm³/mol. The number of hydrogen-bond donors (Lipinski definition) is 2. The lowest BCUT2D eigenvalue weighted by Gasteiger charge is -2.45. The van der Waals surface area contributed by atoms with Crippen LogP contribution in [0.4, 0.5) is 5.82 Å². The molecule has 0 bridgehead atoms. The Bertz CT molecular complexity index is 629. The molecule has 2 N–H and O–H groups in total. The predicted octanol–water partition coefficient (Wildman–Crippen LogP) is 2.03. The number of aromatic nitrogens is 4. The van der Waals surface area contributed by atoms with E-state index in [1.54, 1.807) is 4.68 Å². The molecule has 118 valence electrons. The van der Waals surface area contributed by atoms with Crippen molar-refractivity contribution >= 4 is 17.6 Å². The van der Waals surface area contributed by atoms with E-state index in [9.17, 15) is 5.11 Å². The highest BCUT2D eigenvalue weighted by molar-refractivity contribution is 8.00. The fraction of sp³-hybridized carbons (Fsp3) is 0.533. The maximum Gasteiger partial charge on any atom is 0.175 e. The Morgan fingerprint density at radius 3 is 2.82 bits per heavy atom. The average Bonchev–Trinajstić information content (AvgIpc) is 2.96. The SMILES string of the molecule is CCSC1CCC1(O)CNc1ccc(-n2ccc(C)n2)nn1. The third kappa shape index (κ3) is 3.10. The summed E-state index contributed by atoms with van der Waals surface area (Å²) < 4.78 is 1.69. The zero-order valence-electron chi connectivity index (χ0n) is 12.9. The van der Waals surface area contributed by atoms with Crippen LogP contribution in [0.25, 0.3) is 5.82 Å². The summed E-state index contributed by atoms with van der Waals surface area (Å²) in [6.07, 6.45) is 3.78. The third-order valence-corrected chi connectivity index (χ3v) is 5.40. The summed E-state index contributed by atoms with van der Waals surface area (Å²) in [6, 6.07) is 5.65. The van der Waals surface area contributed by atoms with Crippen LogP contribution in [-0.4, -0.2) is 48.2 Å². The fourth-order valence-corrected chi connectivity index (χ4v) is 3.76. The quantitative estimate of drug-likeness (QED) is 0.848. The summed E-state index contributed by atoms with van der Waals surface area (Å²) in [7, 11) is 0. The van der Waals surface area contributed by atoms with Gasteiger partial charge in [0.05, 0.1) is 11.3 Å². The van der Waals surface area contributed by atoms with E-state index in [1.165, 1.54) is 0 Å². The highest BCUT2D eigenvalue weighted by atomic mass is 32.2. The maximum atomic E-state index is 10.6. The Kier molecular flexibility index (Phi) is 4.35. The van der Waals surface area contributed by atoms with Crippen LogP contribution >= 0.6 is 11.8 Å². The van der Waals surface area contributed by atoms with Crippen LogP contribution in [-0.2, 0) is 0 Å². The van der Waals surface area contributed by atoms with Crippen LogP contribution in [0.3, 0.4) is 0 Å². The second kappa shape index (κ2) is 6.26. The van der Waals surface area contributed by atoms with E-state index in [0.717, 1.165) is 24.3 Å². The molecule has 1 fully saturated rings. The van der Waals surface area contributed by atoms with Crippen LogP contribution in [0.15, 0.2) is 24.4 Å². The summed E-state index contributed by atoms with van der Waals surface area (Å²) >= 11 is 1.82. The number of anilines is 1. The molecule has 1 aliphatic carbocycles. The molecule has 2 heterocycles. The molecule has 0 aromatic carbocycles. The minimum Gasteiger partial charge on any atom is -0.387 e. The lowest BCUT2D eigenvalue weighted by Crippen LogP contribution is -2.54. The number of aryl methyl sites for hydroxylation is 1. The molecule has 3 rings (SSSR count). The molecule has 0 saturated heterocycles. The smallest absolute Gasteiger partial charge is 0.175 e. The molecule has 2 aromatic rings. The first-order valence-corrected chi connectivity index (χ1v) is 8.60. The molecule has 1 aliphatic rings. The van der Waals surface area contributed by atoms with E-state index < -0.39 is 5.60 Å². The summed E-state index contributed by atoms with van der Waals surface area (Å²) in [5.41, 5.74) is 0.316. The van der Waals surface area contributed by atoms with E-state index in [1.807, 2.05) is 43.1 Å². The van der Waals surface area contributed by atoms with E-state index in [4.69, 9.17) is 0 Å². The van der Waals surface area contributed by atoms with E-state index in [-0.39, 0.29) is 0 Å². The van der Waals surface area contributed by atoms with Gasteiger partial charge in [0.25, 0.3) is 0 Å².